The van der Waals surface area contributed by atoms with E-state index in [4.69, 9.17) is 4.74 Å². The molecule has 0 radical (unpaired) electrons. The molecule has 39 heavy (non-hydrogen) atoms. The quantitative estimate of drug-likeness (QED) is 0.416. The van der Waals surface area contributed by atoms with Crippen LogP contribution in [0.5, 0.6) is 5.75 Å². The molecule has 3 rings (SSSR count). The van der Waals surface area contributed by atoms with Crippen molar-refractivity contribution >= 4 is 27.6 Å². The number of hydrogen-bond acceptors (Lipinski definition) is 5. The van der Waals surface area contributed by atoms with E-state index in [2.05, 4.69) is 5.32 Å². The van der Waals surface area contributed by atoms with Gasteiger partial charge in [-0.1, -0.05) is 38.1 Å². The van der Waals surface area contributed by atoms with Gasteiger partial charge < -0.3 is 19.9 Å². The number of urea groups is 1. The van der Waals surface area contributed by atoms with Gasteiger partial charge in [-0.25, -0.2) is 17.6 Å². The molecule has 11 heteroatoms. The van der Waals surface area contributed by atoms with Crippen molar-refractivity contribution in [2.75, 3.05) is 44.4 Å². The Bertz CT molecular complexity index is 1200. The molecule has 0 spiro atoms. The second-order valence-electron chi connectivity index (χ2n) is 9.65. The number of piperidine rings is 1. The van der Waals surface area contributed by atoms with Gasteiger partial charge in [0, 0.05) is 32.2 Å². The number of halogens is 1. The van der Waals surface area contributed by atoms with E-state index in [0.717, 1.165) is 5.56 Å². The van der Waals surface area contributed by atoms with Crippen molar-refractivity contribution in [3.8, 4) is 5.75 Å². The lowest BCUT2D eigenvalue weighted by Crippen LogP contribution is -2.52. The Balaban J connectivity index is 1.73. The average molecular weight is 563 g/mol. The number of rotatable bonds is 12. The number of ether oxygens (including phenoxy) is 1. The van der Waals surface area contributed by atoms with Gasteiger partial charge in [0.1, 0.15) is 11.6 Å². The molecule has 0 aliphatic carbocycles. The number of anilines is 1. The van der Waals surface area contributed by atoms with Crippen LogP contribution in [0.25, 0.3) is 0 Å². The van der Waals surface area contributed by atoms with Gasteiger partial charge in [0.15, 0.2) is 0 Å². The molecule has 1 N–H and O–H groups in total. The number of para-hydroxylation sites is 2. The molecule has 0 aromatic heterocycles. The molecule has 214 valence electrons. The molecule has 1 saturated heterocycles. The SMILES string of the molecule is CCCN(CC(=O)N(Cc1ccc(F)cc1)C1CCN(C(=O)Nc2ccccc2OC)CC1)S(=O)(=O)CCC. The number of carbonyl (C=O) groups excluding carboxylic acids is 2. The van der Waals surface area contributed by atoms with Crippen LogP contribution in [-0.2, 0) is 21.4 Å². The van der Waals surface area contributed by atoms with E-state index < -0.39 is 10.0 Å². The fourth-order valence-electron chi connectivity index (χ4n) is 4.72. The van der Waals surface area contributed by atoms with Gasteiger partial charge >= 0.3 is 6.03 Å². The summed E-state index contributed by atoms with van der Waals surface area (Å²) in [5.74, 6) is -0.126. The third-order valence-corrected chi connectivity index (χ3v) is 8.79. The summed E-state index contributed by atoms with van der Waals surface area (Å²) in [5.41, 5.74) is 1.32. The van der Waals surface area contributed by atoms with Crippen molar-refractivity contribution in [2.24, 2.45) is 0 Å². The molecule has 1 fully saturated rings. The first-order valence-corrected chi connectivity index (χ1v) is 15.0. The second kappa shape index (κ2) is 14.3. The maximum absolute atomic E-state index is 13.6. The van der Waals surface area contributed by atoms with Gasteiger partial charge in [-0.3, -0.25) is 4.79 Å². The van der Waals surface area contributed by atoms with E-state index in [1.165, 1.54) is 16.4 Å². The van der Waals surface area contributed by atoms with Crippen molar-refractivity contribution in [1.29, 1.82) is 0 Å². The lowest BCUT2D eigenvalue weighted by atomic mass is 10.0. The van der Waals surface area contributed by atoms with Crippen molar-refractivity contribution in [3.05, 3.63) is 59.9 Å². The highest BCUT2D eigenvalue weighted by Crippen LogP contribution is 2.25. The normalized spacial score (nSPS) is 14.3. The fourth-order valence-corrected chi connectivity index (χ4v) is 6.27. The number of benzene rings is 2. The van der Waals surface area contributed by atoms with Gasteiger partial charge in [0.2, 0.25) is 15.9 Å². The third-order valence-electron chi connectivity index (χ3n) is 6.77. The summed E-state index contributed by atoms with van der Waals surface area (Å²) >= 11 is 0. The number of nitrogens with one attached hydrogen (secondary N) is 1. The van der Waals surface area contributed by atoms with E-state index in [1.807, 2.05) is 19.1 Å². The summed E-state index contributed by atoms with van der Waals surface area (Å²) in [6.45, 7) is 4.76. The summed E-state index contributed by atoms with van der Waals surface area (Å²) in [7, 11) is -2.02. The van der Waals surface area contributed by atoms with Crippen molar-refractivity contribution in [2.45, 2.75) is 52.1 Å². The maximum Gasteiger partial charge on any atom is 0.321 e. The minimum Gasteiger partial charge on any atom is -0.495 e. The van der Waals surface area contributed by atoms with E-state index in [1.54, 1.807) is 48.1 Å². The van der Waals surface area contributed by atoms with Gasteiger partial charge in [-0.15, -0.1) is 0 Å². The molecule has 0 saturated carbocycles. The van der Waals surface area contributed by atoms with Crippen molar-refractivity contribution in [3.63, 3.8) is 0 Å². The van der Waals surface area contributed by atoms with E-state index in [-0.39, 0.29) is 49.2 Å². The van der Waals surface area contributed by atoms with Crippen LogP contribution in [0.1, 0.15) is 45.1 Å². The third kappa shape index (κ3) is 8.40. The Labute approximate surface area is 231 Å². The van der Waals surface area contributed by atoms with Crippen molar-refractivity contribution < 1.29 is 27.1 Å². The van der Waals surface area contributed by atoms with Crippen LogP contribution in [0, 0.1) is 5.82 Å². The summed E-state index contributed by atoms with van der Waals surface area (Å²) in [6, 6.07) is 12.7. The van der Waals surface area contributed by atoms with Gasteiger partial charge in [0.25, 0.3) is 0 Å². The van der Waals surface area contributed by atoms with Crippen LogP contribution in [0.3, 0.4) is 0 Å². The molecule has 2 aromatic rings. The zero-order chi connectivity index (χ0) is 28.4. The summed E-state index contributed by atoms with van der Waals surface area (Å²) in [5, 5.41) is 2.88. The molecule has 0 atom stereocenters. The molecule has 9 nitrogen and oxygen atoms in total. The fraction of sp³-hybridized carbons (Fsp3) is 0.500. The van der Waals surface area contributed by atoms with Gasteiger partial charge in [-0.2, -0.15) is 4.31 Å². The summed E-state index contributed by atoms with van der Waals surface area (Å²) in [6.07, 6.45) is 2.11. The molecular weight excluding hydrogens is 523 g/mol. The number of sulfonamides is 1. The molecule has 3 amide bonds. The topological polar surface area (TPSA) is 99.3 Å². The lowest BCUT2D eigenvalue weighted by molar-refractivity contribution is -0.135. The average Bonchev–Trinajstić information content (AvgIpc) is 2.92. The molecule has 0 bridgehead atoms. The lowest BCUT2D eigenvalue weighted by Gasteiger charge is -2.39. The number of carbonyl (C=O) groups is 2. The maximum atomic E-state index is 13.6. The first-order valence-electron chi connectivity index (χ1n) is 13.4. The highest BCUT2D eigenvalue weighted by molar-refractivity contribution is 7.89. The molecule has 1 heterocycles. The van der Waals surface area contributed by atoms with Gasteiger partial charge in [0.05, 0.1) is 25.1 Å². The van der Waals surface area contributed by atoms with Crippen LogP contribution in [-0.4, -0.2) is 79.5 Å². The minimum absolute atomic E-state index is 0.0159. The van der Waals surface area contributed by atoms with Crippen LogP contribution >= 0.6 is 0 Å². The Hall–Kier alpha value is -3.18. The highest BCUT2D eigenvalue weighted by atomic mass is 32.2. The first kappa shape index (κ1) is 30.4. The monoisotopic (exact) mass is 562 g/mol. The predicted octanol–water partition coefficient (Wildman–Crippen LogP) is 4.31. The standard InChI is InChI=1S/C28H39FN4O5S/c1-4-16-32(39(36,37)19-5-2)21-27(34)33(20-22-10-12-23(29)13-11-22)24-14-17-31(18-15-24)28(35)30-25-8-6-7-9-26(25)38-3/h6-13,24H,4-5,14-21H2,1-3H3,(H,30,35). The van der Waals surface area contributed by atoms with E-state index in [9.17, 15) is 22.4 Å². The zero-order valence-corrected chi connectivity index (χ0v) is 23.8. The molecule has 1 aliphatic heterocycles. The molecule has 0 unspecified atom stereocenters. The predicted molar refractivity (Wildman–Crippen MR) is 149 cm³/mol. The Morgan fingerprint density at radius 2 is 1.72 bits per heavy atom. The smallest absolute Gasteiger partial charge is 0.321 e. The highest BCUT2D eigenvalue weighted by Gasteiger charge is 2.32. The minimum atomic E-state index is -3.56. The van der Waals surface area contributed by atoms with Crippen molar-refractivity contribution in [1.82, 2.24) is 14.1 Å². The number of nitrogens with zero attached hydrogens (tertiary/aromatic N) is 3. The van der Waals surface area contributed by atoms with Crippen LogP contribution in [0.4, 0.5) is 14.9 Å². The molecular formula is C28H39FN4O5S. The Morgan fingerprint density at radius 3 is 2.33 bits per heavy atom. The van der Waals surface area contributed by atoms with Gasteiger partial charge in [-0.05, 0) is 55.5 Å². The number of likely N-dealkylation sites (tertiary alicyclic amines) is 1. The summed E-state index contributed by atoms with van der Waals surface area (Å²) in [4.78, 5) is 29.9. The van der Waals surface area contributed by atoms with Crippen LogP contribution in [0.2, 0.25) is 0 Å². The van der Waals surface area contributed by atoms with Crippen LogP contribution in [0.15, 0.2) is 48.5 Å². The Morgan fingerprint density at radius 1 is 1.05 bits per heavy atom. The van der Waals surface area contributed by atoms with E-state index >= 15 is 0 Å². The Kier molecular flexibility index (Phi) is 11.1. The largest absolute Gasteiger partial charge is 0.495 e. The zero-order valence-electron chi connectivity index (χ0n) is 22.9. The molecule has 2 aromatic carbocycles. The second-order valence-corrected chi connectivity index (χ2v) is 11.7. The summed E-state index contributed by atoms with van der Waals surface area (Å²) < 4.78 is 45.7. The number of hydrogen-bond donors (Lipinski definition) is 1. The molecule has 1 aliphatic rings. The number of methoxy groups -OCH3 is 1. The van der Waals surface area contributed by atoms with Crippen LogP contribution < -0.4 is 10.1 Å². The number of amides is 3. The first-order chi connectivity index (χ1) is 18.7. The van der Waals surface area contributed by atoms with E-state index in [0.29, 0.717) is 50.2 Å².